The van der Waals surface area contributed by atoms with Gasteiger partial charge in [-0.1, -0.05) is 26.0 Å². The van der Waals surface area contributed by atoms with Crippen LogP contribution in [0.15, 0.2) is 41.2 Å². The lowest BCUT2D eigenvalue weighted by molar-refractivity contribution is -0.136. The molecule has 2 aromatic carbocycles. The number of carboxylic acids is 1. The van der Waals surface area contributed by atoms with Gasteiger partial charge >= 0.3 is 11.7 Å². The van der Waals surface area contributed by atoms with E-state index in [9.17, 15) is 19.8 Å². The monoisotopic (exact) mass is 369 g/mol. The Labute approximate surface area is 154 Å². The quantitative estimate of drug-likeness (QED) is 0.547. The number of aliphatic carboxylic acids is 1. The zero-order valence-electron chi connectivity index (χ0n) is 14.8. The highest BCUT2D eigenvalue weighted by atomic mass is 16.4. The Balaban J connectivity index is 2.12. The van der Waals surface area contributed by atoms with Crippen molar-refractivity contribution in [3.05, 3.63) is 58.0 Å². The fourth-order valence-corrected chi connectivity index (χ4v) is 2.89. The van der Waals surface area contributed by atoms with Crippen molar-refractivity contribution in [3.63, 3.8) is 0 Å². The van der Waals surface area contributed by atoms with E-state index in [0.29, 0.717) is 22.4 Å². The van der Waals surface area contributed by atoms with E-state index in [-0.39, 0.29) is 29.7 Å². The Kier molecular flexibility index (Phi) is 4.72. The highest BCUT2D eigenvalue weighted by Crippen LogP contribution is 2.37. The van der Waals surface area contributed by atoms with E-state index in [4.69, 9.17) is 5.11 Å². The molecule has 8 nitrogen and oxygen atoms in total. The number of aromatic hydroxyl groups is 2. The van der Waals surface area contributed by atoms with Crippen LogP contribution in [0.5, 0.6) is 11.5 Å². The first-order valence-corrected chi connectivity index (χ1v) is 8.32. The molecule has 140 valence electrons. The molecular formula is C19H19N3O5. The van der Waals surface area contributed by atoms with E-state index in [1.807, 2.05) is 13.8 Å². The van der Waals surface area contributed by atoms with Crippen molar-refractivity contribution in [2.45, 2.75) is 26.2 Å². The molecule has 1 aromatic heterocycles. The summed E-state index contributed by atoms with van der Waals surface area (Å²) >= 11 is 0. The third kappa shape index (κ3) is 3.55. The van der Waals surface area contributed by atoms with Crippen LogP contribution in [0.4, 0.5) is 0 Å². The number of rotatable bonds is 5. The van der Waals surface area contributed by atoms with Crippen LogP contribution < -0.4 is 5.69 Å². The molecule has 0 saturated carbocycles. The van der Waals surface area contributed by atoms with Crippen molar-refractivity contribution >= 4 is 5.97 Å². The summed E-state index contributed by atoms with van der Waals surface area (Å²) in [5.74, 6) is -1.00. The molecule has 0 spiro atoms. The fourth-order valence-electron chi connectivity index (χ4n) is 2.89. The van der Waals surface area contributed by atoms with E-state index in [1.54, 1.807) is 30.3 Å². The molecule has 3 rings (SSSR count). The van der Waals surface area contributed by atoms with Crippen molar-refractivity contribution in [1.82, 2.24) is 14.8 Å². The predicted molar refractivity (Wildman–Crippen MR) is 98.4 cm³/mol. The fraction of sp³-hybridized carbons (Fsp3) is 0.211. The molecule has 0 unspecified atom stereocenters. The van der Waals surface area contributed by atoms with Gasteiger partial charge in [0.05, 0.1) is 17.7 Å². The number of phenolic OH excluding ortho intramolecular Hbond substituents is 2. The summed E-state index contributed by atoms with van der Waals surface area (Å²) < 4.78 is 1.28. The summed E-state index contributed by atoms with van der Waals surface area (Å²) in [4.78, 5) is 23.1. The third-order valence-corrected chi connectivity index (χ3v) is 4.23. The second-order valence-electron chi connectivity index (χ2n) is 6.51. The Morgan fingerprint density at radius 3 is 2.41 bits per heavy atom. The maximum absolute atomic E-state index is 12.3. The highest BCUT2D eigenvalue weighted by molar-refractivity contribution is 5.71. The minimum atomic E-state index is -0.945. The molecule has 0 bridgehead atoms. The van der Waals surface area contributed by atoms with Crippen LogP contribution >= 0.6 is 0 Å². The molecule has 8 heteroatoms. The molecule has 0 atom stereocenters. The number of aromatic amines is 1. The molecular weight excluding hydrogens is 350 g/mol. The Hall–Kier alpha value is -3.55. The average Bonchev–Trinajstić information content (AvgIpc) is 2.96. The first-order valence-electron chi connectivity index (χ1n) is 8.32. The Morgan fingerprint density at radius 1 is 1.15 bits per heavy atom. The van der Waals surface area contributed by atoms with Gasteiger partial charge in [-0.2, -0.15) is 5.10 Å². The summed E-state index contributed by atoms with van der Waals surface area (Å²) in [7, 11) is 0. The second kappa shape index (κ2) is 6.99. The summed E-state index contributed by atoms with van der Waals surface area (Å²) in [6, 6.07) is 9.27. The molecule has 1 heterocycles. The topological polar surface area (TPSA) is 128 Å². The van der Waals surface area contributed by atoms with Crippen molar-refractivity contribution in [3.8, 4) is 28.6 Å². The smallest absolute Gasteiger partial charge is 0.348 e. The Bertz CT molecular complexity index is 1050. The number of carbonyl (C=O) groups is 1. The zero-order chi connectivity index (χ0) is 19.7. The Morgan fingerprint density at radius 2 is 1.81 bits per heavy atom. The first kappa shape index (κ1) is 18.2. The lowest BCUT2D eigenvalue weighted by Crippen LogP contribution is -2.15. The van der Waals surface area contributed by atoms with Crippen LogP contribution in [0, 0.1) is 0 Å². The largest absolute Gasteiger partial charge is 0.508 e. The lowest BCUT2D eigenvalue weighted by atomic mass is 9.98. The molecule has 0 fully saturated rings. The van der Waals surface area contributed by atoms with Crippen molar-refractivity contribution in [1.29, 1.82) is 0 Å². The van der Waals surface area contributed by atoms with Gasteiger partial charge in [-0.3, -0.25) is 4.79 Å². The van der Waals surface area contributed by atoms with Gasteiger partial charge < -0.3 is 15.3 Å². The van der Waals surface area contributed by atoms with Crippen molar-refractivity contribution in [2.24, 2.45) is 0 Å². The molecule has 4 N–H and O–H groups in total. The number of benzene rings is 2. The number of hydrogen-bond acceptors (Lipinski definition) is 5. The van der Waals surface area contributed by atoms with E-state index in [0.717, 1.165) is 0 Å². The van der Waals surface area contributed by atoms with E-state index < -0.39 is 11.7 Å². The van der Waals surface area contributed by atoms with Crippen LogP contribution in [-0.2, 0) is 11.2 Å². The number of aromatic nitrogens is 3. The standard InChI is InChI=1S/C19H19N3O5/c1-10(2)13-8-14(16(24)9-15(13)23)18-20-21-19(27)22(18)12-5-3-11(4-6-12)7-17(25)26/h3-6,8-10,23-24H,7H2,1-2H3,(H,21,27)(H,25,26). The summed E-state index contributed by atoms with van der Waals surface area (Å²) in [6.45, 7) is 3.80. The molecule has 0 aliphatic heterocycles. The molecule has 0 aliphatic rings. The zero-order valence-corrected chi connectivity index (χ0v) is 14.8. The minimum absolute atomic E-state index is 0.00114. The molecule has 0 saturated heterocycles. The van der Waals surface area contributed by atoms with Gasteiger partial charge in [0.25, 0.3) is 0 Å². The van der Waals surface area contributed by atoms with Crippen molar-refractivity contribution < 1.29 is 20.1 Å². The maximum Gasteiger partial charge on any atom is 0.348 e. The second-order valence-corrected chi connectivity index (χ2v) is 6.51. The third-order valence-electron chi connectivity index (χ3n) is 4.23. The van der Waals surface area contributed by atoms with Gasteiger partial charge in [0.1, 0.15) is 11.5 Å². The van der Waals surface area contributed by atoms with Gasteiger partial charge in [0.15, 0.2) is 5.82 Å². The average molecular weight is 369 g/mol. The molecule has 27 heavy (non-hydrogen) atoms. The van der Waals surface area contributed by atoms with Gasteiger partial charge in [-0.15, -0.1) is 0 Å². The van der Waals surface area contributed by atoms with Gasteiger partial charge in [-0.05, 0) is 35.2 Å². The van der Waals surface area contributed by atoms with Gasteiger partial charge in [-0.25, -0.2) is 14.5 Å². The lowest BCUT2D eigenvalue weighted by Gasteiger charge is -2.13. The van der Waals surface area contributed by atoms with Crippen LogP contribution in [0.25, 0.3) is 17.1 Å². The predicted octanol–water partition coefficient (Wildman–Crippen LogP) is 2.39. The number of carboxylic acid groups (broad SMARTS) is 1. The molecule has 0 radical (unpaired) electrons. The SMILES string of the molecule is CC(C)c1cc(-c2n[nH]c(=O)n2-c2ccc(CC(=O)O)cc2)c(O)cc1O. The van der Waals surface area contributed by atoms with Gasteiger partial charge in [0, 0.05) is 6.07 Å². The van der Waals surface area contributed by atoms with Crippen LogP contribution in [0.1, 0.15) is 30.9 Å². The van der Waals surface area contributed by atoms with Crippen molar-refractivity contribution in [2.75, 3.05) is 0 Å². The maximum atomic E-state index is 12.3. The number of phenols is 2. The van der Waals surface area contributed by atoms with E-state index in [2.05, 4.69) is 10.2 Å². The molecule has 0 aliphatic carbocycles. The normalized spacial score (nSPS) is 11.1. The number of nitrogens with one attached hydrogen (secondary N) is 1. The number of hydrogen-bond donors (Lipinski definition) is 4. The van der Waals surface area contributed by atoms with E-state index in [1.165, 1.54) is 10.6 Å². The highest BCUT2D eigenvalue weighted by Gasteiger charge is 2.19. The number of H-pyrrole nitrogens is 1. The summed E-state index contributed by atoms with van der Waals surface area (Å²) in [5, 5.41) is 35.5. The van der Waals surface area contributed by atoms with Gasteiger partial charge in [0.2, 0.25) is 0 Å². The van der Waals surface area contributed by atoms with Crippen LogP contribution in [0.2, 0.25) is 0 Å². The van der Waals surface area contributed by atoms with E-state index >= 15 is 0 Å². The van der Waals surface area contributed by atoms with Crippen LogP contribution in [-0.4, -0.2) is 36.1 Å². The first-order chi connectivity index (χ1) is 12.8. The minimum Gasteiger partial charge on any atom is -0.508 e. The number of nitrogens with zero attached hydrogens (tertiary/aromatic N) is 2. The van der Waals surface area contributed by atoms with Crippen LogP contribution in [0.3, 0.4) is 0 Å². The summed E-state index contributed by atoms with van der Waals surface area (Å²) in [6.07, 6.45) is -0.121. The summed E-state index contributed by atoms with van der Waals surface area (Å²) in [5.41, 5.74) is 1.47. The molecule has 3 aromatic rings. The molecule has 0 amide bonds.